The molecular formula is C25H36N4O7S. The first kappa shape index (κ1) is 31.6. The first-order chi connectivity index (χ1) is 17.4. The first-order valence-electron chi connectivity index (χ1n) is 11.8. The lowest BCUT2D eigenvalue weighted by Crippen LogP contribution is -2.53. The summed E-state index contributed by atoms with van der Waals surface area (Å²) in [6.45, 7) is 6.39. The SMILES string of the molecule is CCOC(=O)CCNC(=O)C(c1cccc(O)c1)N(CC#N)C(=O)C(CCSC)NC(=O)OC(C)(C)C. The van der Waals surface area contributed by atoms with Gasteiger partial charge in [-0.05, 0) is 63.8 Å². The molecule has 0 aromatic heterocycles. The van der Waals surface area contributed by atoms with Crippen molar-refractivity contribution in [1.29, 1.82) is 5.26 Å². The number of amides is 3. The summed E-state index contributed by atoms with van der Waals surface area (Å²) >= 11 is 1.46. The topological polar surface area (TPSA) is 158 Å². The van der Waals surface area contributed by atoms with Crippen LogP contribution in [-0.4, -0.2) is 77.2 Å². The van der Waals surface area contributed by atoms with Gasteiger partial charge >= 0.3 is 12.1 Å². The number of nitriles is 1. The van der Waals surface area contributed by atoms with E-state index in [1.54, 1.807) is 27.7 Å². The van der Waals surface area contributed by atoms with Crippen LogP contribution in [0.25, 0.3) is 0 Å². The van der Waals surface area contributed by atoms with E-state index >= 15 is 0 Å². The van der Waals surface area contributed by atoms with Crippen LogP contribution in [0.2, 0.25) is 0 Å². The third kappa shape index (κ3) is 11.4. The Morgan fingerprint density at radius 1 is 1.24 bits per heavy atom. The molecule has 0 aliphatic heterocycles. The molecule has 0 aliphatic carbocycles. The highest BCUT2D eigenvalue weighted by molar-refractivity contribution is 7.98. The number of carbonyl (C=O) groups is 4. The van der Waals surface area contributed by atoms with Crippen molar-refractivity contribution in [3.63, 3.8) is 0 Å². The molecule has 0 aliphatic rings. The van der Waals surface area contributed by atoms with E-state index in [0.717, 1.165) is 4.90 Å². The molecule has 0 saturated carbocycles. The van der Waals surface area contributed by atoms with Gasteiger partial charge in [-0.15, -0.1) is 0 Å². The molecule has 0 heterocycles. The van der Waals surface area contributed by atoms with Crippen molar-refractivity contribution in [2.75, 3.05) is 31.7 Å². The van der Waals surface area contributed by atoms with Crippen molar-refractivity contribution in [3.05, 3.63) is 29.8 Å². The minimum atomic E-state index is -1.32. The maximum absolute atomic E-state index is 13.7. The highest BCUT2D eigenvalue weighted by atomic mass is 32.2. The quantitative estimate of drug-likeness (QED) is 0.254. The maximum atomic E-state index is 13.7. The lowest BCUT2D eigenvalue weighted by molar-refractivity contribution is -0.144. The fourth-order valence-corrected chi connectivity index (χ4v) is 3.77. The lowest BCUT2D eigenvalue weighted by Gasteiger charge is -2.33. The summed E-state index contributed by atoms with van der Waals surface area (Å²) in [4.78, 5) is 52.2. The number of thioether (sulfide) groups is 1. The van der Waals surface area contributed by atoms with Crippen LogP contribution in [0, 0.1) is 11.3 Å². The monoisotopic (exact) mass is 536 g/mol. The number of phenolic OH excluding ortho intramolecular Hbond substituents is 1. The lowest BCUT2D eigenvalue weighted by atomic mass is 10.0. The van der Waals surface area contributed by atoms with Crippen molar-refractivity contribution in [2.24, 2.45) is 0 Å². The van der Waals surface area contributed by atoms with Gasteiger partial charge in [0, 0.05) is 6.54 Å². The molecule has 1 aromatic carbocycles. The average Bonchev–Trinajstić information content (AvgIpc) is 2.80. The summed E-state index contributed by atoms with van der Waals surface area (Å²) in [5, 5.41) is 24.7. The summed E-state index contributed by atoms with van der Waals surface area (Å²) in [6.07, 6.45) is 1.17. The smallest absolute Gasteiger partial charge is 0.408 e. The molecule has 0 radical (unpaired) electrons. The Bertz CT molecular complexity index is 975. The van der Waals surface area contributed by atoms with E-state index < -0.39 is 48.1 Å². The molecule has 2 unspecified atom stereocenters. The second-order valence-electron chi connectivity index (χ2n) is 8.95. The van der Waals surface area contributed by atoms with Gasteiger partial charge in [-0.25, -0.2) is 4.79 Å². The van der Waals surface area contributed by atoms with Crippen molar-refractivity contribution in [1.82, 2.24) is 15.5 Å². The molecule has 3 amide bonds. The molecule has 11 nitrogen and oxygen atoms in total. The van der Waals surface area contributed by atoms with Crippen LogP contribution in [0.15, 0.2) is 24.3 Å². The van der Waals surface area contributed by atoms with Gasteiger partial charge in [-0.2, -0.15) is 17.0 Å². The Balaban J connectivity index is 3.32. The fourth-order valence-electron chi connectivity index (χ4n) is 3.30. The van der Waals surface area contributed by atoms with E-state index in [0.29, 0.717) is 5.75 Å². The minimum Gasteiger partial charge on any atom is -0.508 e. The summed E-state index contributed by atoms with van der Waals surface area (Å²) < 4.78 is 10.2. The Labute approximate surface area is 221 Å². The largest absolute Gasteiger partial charge is 0.508 e. The Morgan fingerprint density at radius 2 is 1.95 bits per heavy atom. The predicted octanol–water partition coefficient (Wildman–Crippen LogP) is 2.50. The van der Waals surface area contributed by atoms with Crippen molar-refractivity contribution >= 4 is 35.6 Å². The van der Waals surface area contributed by atoms with Crippen LogP contribution in [0.5, 0.6) is 5.75 Å². The van der Waals surface area contributed by atoms with Crippen LogP contribution in [-0.2, 0) is 23.9 Å². The molecule has 1 aromatic rings. The molecule has 3 N–H and O–H groups in total. The Kier molecular flexibility index (Phi) is 13.3. The van der Waals surface area contributed by atoms with Gasteiger partial charge in [0.2, 0.25) is 11.8 Å². The third-order valence-corrected chi connectivity index (χ3v) is 5.45. The highest BCUT2D eigenvalue weighted by Crippen LogP contribution is 2.26. The van der Waals surface area contributed by atoms with Crippen LogP contribution >= 0.6 is 11.8 Å². The van der Waals surface area contributed by atoms with E-state index in [1.165, 1.54) is 36.0 Å². The maximum Gasteiger partial charge on any atom is 0.408 e. The highest BCUT2D eigenvalue weighted by Gasteiger charge is 2.36. The van der Waals surface area contributed by atoms with Crippen LogP contribution in [0.4, 0.5) is 4.79 Å². The van der Waals surface area contributed by atoms with E-state index in [9.17, 15) is 29.5 Å². The molecule has 0 fully saturated rings. The number of alkyl carbamates (subject to hydrolysis) is 1. The third-order valence-electron chi connectivity index (χ3n) is 4.80. The number of rotatable bonds is 13. The molecule has 0 bridgehead atoms. The van der Waals surface area contributed by atoms with E-state index in [4.69, 9.17) is 9.47 Å². The summed E-state index contributed by atoms with van der Waals surface area (Å²) in [6, 6.07) is 5.25. The number of hydrogen-bond donors (Lipinski definition) is 3. The summed E-state index contributed by atoms with van der Waals surface area (Å²) in [5.41, 5.74) is -0.551. The van der Waals surface area contributed by atoms with Crippen LogP contribution in [0.1, 0.15) is 52.1 Å². The second kappa shape index (κ2) is 15.6. The van der Waals surface area contributed by atoms with Gasteiger partial charge in [0.05, 0.1) is 19.1 Å². The Hall–Kier alpha value is -3.46. The normalized spacial score (nSPS) is 12.4. The van der Waals surface area contributed by atoms with Gasteiger partial charge in [-0.3, -0.25) is 14.4 Å². The second-order valence-corrected chi connectivity index (χ2v) is 9.93. The number of hydrogen-bond acceptors (Lipinski definition) is 9. The zero-order valence-electron chi connectivity index (χ0n) is 21.9. The van der Waals surface area contributed by atoms with Crippen molar-refractivity contribution in [3.8, 4) is 11.8 Å². The zero-order valence-corrected chi connectivity index (χ0v) is 22.7. The van der Waals surface area contributed by atoms with Gasteiger partial charge in [0.15, 0.2) is 0 Å². The number of esters is 1. The number of aromatic hydroxyl groups is 1. The molecule has 0 spiro atoms. The number of benzene rings is 1. The van der Waals surface area contributed by atoms with E-state index in [1.807, 2.05) is 12.3 Å². The molecule has 37 heavy (non-hydrogen) atoms. The molecule has 2 atom stereocenters. The van der Waals surface area contributed by atoms with Gasteiger partial charge in [0.1, 0.15) is 30.0 Å². The zero-order chi connectivity index (χ0) is 28.0. The summed E-state index contributed by atoms with van der Waals surface area (Å²) in [7, 11) is 0. The number of phenols is 1. The Morgan fingerprint density at radius 3 is 2.51 bits per heavy atom. The molecule has 12 heteroatoms. The summed E-state index contributed by atoms with van der Waals surface area (Å²) in [5.74, 6) is -1.47. The van der Waals surface area contributed by atoms with Gasteiger partial charge < -0.3 is 30.1 Å². The van der Waals surface area contributed by atoms with E-state index in [2.05, 4.69) is 10.6 Å². The number of nitrogens with one attached hydrogen (secondary N) is 2. The molecule has 0 saturated heterocycles. The standard InChI is InChI=1S/C25H36N4O7S/c1-6-35-20(31)10-13-27-22(32)21(17-8-7-9-18(30)16-17)29(14-12-26)23(33)19(11-15-37-5)28-24(34)36-25(2,3)4/h7-9,16,19,21,30H,6,10-11,13-15H2,1-5H3,(H,27,32)(H,28,34). The average molecular weight is 537 g/mol. The van der Waals surface area contributed by atoms with Crippen LogP contribution < -0.4 is 10.6 Å². The number of carbonyl (C=O) groups excluding carboxylic acids is 4. The van der Waals surface area contributed by atoms with E-state index in [-0.39, 0.29) is 37.3 Å². The van der Waals surface area contributed by atoms with Gasteiger partial charge in [0.25, 0.3) is 0 Å². The fraction of sp³-hybridized carbons (Fsp3) is 0.560. The van der Waals surface area contributed by atoms with Crippen LogP contribution in [0.3, 0.4) is 0 Å². The van der Waals surface area contributed by atoms with Gasteiger partial charge in [-0.1, -0.05) is 12.1 Å². The van der Waals surface area contributed by atoms with Crippen molar-refractivity contribution in [2.45, 2.75) is 58.2 Å². The predicted molar refractivity (Wildman–Crippen MR) is 139 cm³/mol. The molecule has 1 rings (SSSR count). The minimum absolute atomic E-state index is 0.0619. The van der Waals surface area contributed by atoms with Crippen molar-refractivity contribution < 1.29 is 33.8 Å². The first-order valence-corrected chi connectivity index (χ1v) is 13.2. The molecular weight excluding hydrogens is 500 g/mol. The number of ether oxygens (including phenoxy) is 2. The molecule has 204 valence electrons. The number of nitrogens with zero attached hydrogens (tertiary/aromatic N) is 2.